The minimum atomic E-state index is -0.582. The number of rotatable bonds is 4. The van der Waals surface area contributed by atoms with E-state index >= 15 is 0 Å². The van der Waals surface area contributed by atoms with Crippen molar-refractivity contribution >= 4 is 17.4 Å². The number of hydrogen-bond donors (Lipinski definition) is 3. The predicted octanol–water partition coefficient (Wildman–Crippen LogP) is 0.918. The Morgan fingerprint density at radius 3 is 2.89 bits per heavy atom. The molecule has 0 atom stereocenters. The molecule has 1 heterocycles. The lowest BCUT2D eigenvalue weighted by molar-refractivity contribution is 0.259. The molecular formula is C11H14N6O. The number of nitrogens with zero attached hydrogens (tertiary/aromatic N) is 3. The predicted molar refractivity (Wildman–Crippen MR) is 68.0 cm³/mol. The third kappa shape index (κ3) is 3.21. The maximum atomic E-state index is 10.7. The van der Waals surface area contributed by atoms with E-state index in [0.717, 1.165) is 11.4 Å². The van der Waals surface area contributed by atoms with Gasteiger partial charge in [0, 0.05) is 24.6 Å². The Bertz CT molecular complexity index is 550. The highest BCUT2D eigenvalue weighted by molar-refractivity contribution is 5.88. The fraction of sp³-hybridized carbons (Fsp3) is 0.182. The molecule has 2 aromatic rings. The molecule has 2 rings (SSSR count). The van der Waals surface area contributed by atoms with E-state index < -0.39 is 6.03 Å². The Kier molecular flexibility index (Phi) is 3.42. The number of carbonyl (C=O) groups excluding carboxylic acids is 1. The molecule has 2 amide bonds. The normalized spacial score (nSPS) is 10.1. The van der Waals surface area contributed by atoms with E-state index in [9.17, 15) is 4.79 Å². The Balaban J connectivity index is 1.98. The van der Waals surface area contributed by atoms with Crippen molar-refractivity contribution in [2.75, 3.05) is 10.6 Å². The topological polar surface area (TPSA) is 97.9 Å². The van der Waals surface area contributed by atoms with Crippen LogP contribution in [-0.2, 0) is 13.6 Å². The number of carbonyl (C=O) groups is 1. The van der Waals surface area contributed by atoms with Crippen LogP contribution in [0.3, 0.4) is 0 Å². The number of urea groups is 1. The van der Waals surface area contributed by atoms with Gasteiger partial charge >= 0.3 is 6.03 Å². The second-order valence-electron chi connectivity index (χ2n) is 3.81. The summed E-state index contributed by atoms with van der Waals surface area (Å²) in [4.78, 5) is 10.7. The second-order valence-corrected chi connectivity index (χ2v) is 3.81. The highest BCUT2D eigenvalue weighted by atomic mass is 16.2. The summed E-state index contributed by atoms with van der Waals surface area (Å²) in [7, 11) is 1.81. The lowest BCUT2D eigenvalue weighted by atomic mass is 10.2. The molecule has 1 aromatic heterocycles. The number of primary amides is 1. The van der Waals surface area contributed by atoms with Crippen molar-refractivity contribution in [2.24, 2.45) is 12.8 Å². The third-order valence-corrected chi connectivity index (χ3v) is 2.25. The number of amides is 2. The first-order chi connectivity index (χ1) is 8.63. The zero-order valence-corrected chi connectivity index (χ0v) is 9.92. The minimum Gasteiger partial charge on any atom is -0.379 e. The Hall–Kier alpha value is -2.57. The molecule has 0 aliphatic carbocycles. The largest absolute Gasteiger partial charge is 0.379 e. The summed E-state index contributed by atoms with van der Waals surface area (Å²) in [5.41, 5.74) is 7.40. The molecule has 18 heavy (non-hydrogen) atoms. The van der Waals surface area contributed by atoms with Crippen LogP contribution in [0.4, 0.5) is 16.2 Å². The SMILES string of the molecule is Cn1cc(CNc2cccc(NC(N)=O)c2)nn1. The van der Waals surface area contributed by atoms with Gasteiger partial charge in [0.15, 0.2) is 0 Å². The smallest absolute Gasteiger partial charge is 0.316 e. The Labute approximate surface area is 104 Å². The van der Waals surface area contributed by atoms with Crippen LogP contribution in [0.25, 0.3) is 0 Å². The summed E-state index contributed by atoms with van der Waals surface area (Å²) in [6.45, 7) is 0.563. The van der Waals surface area contributed by atoms with E-state index in [0.29, 0.717) is 12.2 Å². The van der Waals surface area contributed by atoms with Gasteiger partial charge in [-0.1, -0.05) is 11.3 Å². The van der Waals surface area contributed by atoms with Crippen molar-refractivity contribution in [3.63, 3.8) is 0 Å². The Morgan fingerprint density at radius 2 is 2.22 bits per heavy atom. The van der Waals surface area contributed by atoms with Crippen molar-refractivity contribution in [2.45, 2.75) is 6.54 Å². The molecule has 7 nitrogen and oxygen atoms in total. The van der Waals surface area contributed by atoms with Crippen LogP contribution in [0, 0.1) is 0 Å². The molecule has 1 aromatic carbocycles. The number of benzene rings is 1. The molecule has 0 fully saturated rings. The van der Waals surface area contributed by atoms with Crippen molar-refractivity contribution in [3.8, 4) is 0 Å². The van der Waals surface area contributed by atoms with Crippen LogP contribution in [0.2, 0.25) is 0 Å². The average molecular weight is 246 g/mol. The van der Waals surface area contributed by atoms with Crippen LogP contribution in [0.15, 0.2) is 30.5 Å². The molecule has 0 aliphatic heterocycles. The van der Waals surface area contributed by atoms with E-state index in [4.69, 9.17) is 5.73 Å². The van der Waals surface area contributed by atoms with E-state index in [-0.39, 0.29) is 0 Å². The number of nitrogens with one attached hydrogen (secondary N) is 2. The summed E-state index contributed by atoms with van der Waals surface area (Å²) in [5.74, 6) is 0. The van der Waals surface area contributed by atoms with Crippen LogP contribution < -0.4 is 16.4 Å². The molecule has 0 unspecified atom stereocenters. The average Bonchev–Trinajstić information content (AvgIpc) is 2.72. The minimum absolute atomic E-state index is 0.563. The fourth-order valence-corrected chi connectivity index (χ4v) is 1.52. The van der Waals surface area contributed by atoms with Gasteiger partial charge in [-0.05, 0) is 18.2 Å². The van der Waals surface area contributed by atoms with Gasteiger partial charge < -0.3 is 16.4 Å². The first-order valence-corrected chi connectivity index (χ1v) is 5.39. The number of nitrogens with two attached hydrogens (primary N) is 1. The quantitative estimate of drug-likeness (QED) is 0.747. The number of hydrogen-bond acceptors (Lipinski definition) is 4. The molecule has 4 N–H and O–H groups in total. The van der Waals surface area contributed by atoms with Gasteiger partial charge in [0.25, 0.3) is 0 Å². The molecule has 0 spiro atoms. The first kappa shape index (κ1) is 11.9. The molecular weight excluding hydrogens is 232 g/mol. The van der Waals surface area contributed by atoms with Crippen LogP contribution in [-0.4, -0.2) is 21.0 Å². The molecule has 0 saturated heterocycles. The summed E-state index contributed by atoms with van der Waals surface area (Å²) in [6.07, 6.45) is 1.83. The van der Waals surface area contributed by atoms with Gasteiger partial charge in [-0.3, -0.25) is 4.68 Å². The monoisotopic (exact) mass is 246 g/mol. The van der Waals surface area contributed by atoms with Crippen LogP contribution in [0.1, 0.15) is 5.69 Å². The van der Waals surface area contributed by atoms with Crippen molar-refractivity contribution in [3.05, 3.63) is 36.2 Å². The van der Waals surface area contributed by atoms with E-state index in [1.54, 1.807) is 16.8 Å². The molecule has 0 aliphatic rings. The molecule has 0 saturated carbocycles. The number of anilines is 2. The molecule has 0 radical (unpaired) electrons. The lowest BCUT2D eigenvalue weighted by Gasteiger charge is -2.07. The van der Waals surface area contributed by atoms with Crippen molar-refractivity contribution in [1.29, 1.82) is 0 Å². The highest BCUT2D eigenvalue weighted by Gasteiger charge is 2.00. The summed E-state index contributed by atoms with van der Waals surface area (Å²) >= 11 is 0. The fourth-order valence-electron chi connectivity index (χ4n) is 1.52. The van der Waals surface area contributed by atoms with Gasteiger partial charge in [0.2, 0.25) is 0 Å². The zero-order valence-electron chi connectivity index (χ0n) is 9.92. The third-order valence-electron chi connectivity index (χ3n) is 2.25. The van der Waals surface area contributed by atoms with Gasteiger partial charge in [0.1, 0.15) is 5.69 Å². The number of aryl methyl sites for hydroxylation is 1. The lowest BCUT2D eigenvalue weighted by Crippen LogP contribution is -2.19. The van der Waals surface area contributed by atoms with Gasteiger partial charge in [-0.25, -0.2) is 4.79 Å². The standard InChI is InChI=1S/C11H14N6O/c1-17-7-10(15-16-17)6-13-8-3-2-4-9(5-8)14-11(12)18/h2-5,7,13H,6H2,1H3,(H3,12,14,18). The number of aromatic nitrogens is 3. The van der Waals surface area contributed by atoms with E-state index in [1.165, 1.54) is 0 Å². The summed E-state index contributed by atoms with van der Waals surface area (Å²) in [6, 6.07) is 6.69. The van der Waals surface area contributed by atoms with Gasteiger partial charge in [-0.2, -0.15) is 0 Å². The van der Waals surface area contributed by atoms with Crippen LogP contribution >= 0.6 is 0 Å². The first-order valence-electron chi connectivity index (χ1n) is 5.39. The molecule has 94 valence electrons. The van der Waals surface area contributed by atoms with Gasteiger partial charge in [-0.15, -0.1) is 5.10 Å². The highest BCUT2D eigenvalue weighted by Crippen LogP contribution is 2.15. The molecule has 7 heteroatoms. The maximum Gasteiger partial charge on any atom is 0.316 e. The maximum absolute atomic E-state index is 10.7. The second kappa shape index (κ2) is 5.17. The summed E-state index contributed by atoms with van der Waals surface area (Å²) < 4.78 is 1.64. The van der Waals surface area contributed by atoms with E-state index in [2.05, 4.69) is 20.9 Å². The Morgan fingerprint density at radius 1 is 1.44 bits per heavy atom. The molecule has 0 bridgehead atoms. The summed E-state index contributed by atoms with van der Waals surface area (Å²) in [5, 5.41) is 13.5. The van der Waals surface area contributed by atoms with Gasteiger partial charge in [0.05, 0.1) is 6.54 Å². The van der Waals surface area contributed by atoms with Crippen molar-refractivity contribution in [1.82, 2.24) is 15.0 Å². The van der Waals surface area contributed by atoms with Crippen molar-refractivity contribution < 1.29 is 4.79 Å². The van der Waals surface area contributed by atoms with E-state index in [1.807, 2.05) is 25.4 Å². The zero-order chi connectivity index (χ0) is 13.0. The van der Waals surface area contributed by atoms with Crippen LogP contribution in [0.5, 0.6) is 0 Å².